The molecule has 1 heterocycles. The highest BCUT2D eigenvalue weighted by Gasteiger charge is 2.22. The van der Waals surface area contributed by atoms with Crippen LogP contribution in [-0.2, 0) is 6.42 Å². The van der Waals surface area contributed by atoms with Crippen LogP contribution in [0.4, 0.5) is 0 Å². The van der Waals surface area contributed by atoms with Crippen molar-refractivity contribution >= 4 is 10.8 Å². The minimum absolute atomic E-state index is 0.927. The van der Waals surface area contributed by atoms with Gasteiger partial charge in [-0.25, -0.2) is 9.97 Å². The van der Waals surface area contributed by atoms with Gasteiger partial charge in [-0.15, -0.1) is 0 Å². The van der Waals surface area contributed by atoms with Gasteiger partial charge in [0.1, 0.15) is 6.33 Å². The highest BCUT2D eigenvalue weighted by Crippen LogP contribution is 2.41. The summed E-state index contributed by atoms with van der Waals surface area (Å²) in [6, 6.07) is 8.86. The number of rotatable bonds is 0. The second-order valence-corrected chi connectivity index (χ2v) is 5.27. The smallest absolute Gasteiger partial charge is 0.115 e. The van der Waals surface area contributed by atoms with E-state index in [1.807, 2.05) is 6.20 Å². The summed E-state index contributed by atoms with van der Waals surface area (Å²) in [7, 11) is 0. The van der Waals surface area contributed by atoms with Crippen LogP contribution in [0.1, 0.15) is 22.4 Å². The van der Waals surface area contributed by atoms with Crippen LogP contribution in [0.15, 0.2) is 36.8 Å². The lowest BCUT2D eigenvalue weighted by molar-refractivity contribution is 1.07. The number of hydrogen-bond acceptors (Lipinski definition) is 2. The van der Waals surface area contributed by atoms with Gasteiger partial charge in [0.05, 0.1) is 5.69 Å². The number of hydrogen-bond donors (Lipinski definition) is 0. The summed E-state index contributed by atoms with van der Waals surface area (Å²) in [6.07, 6.45) is 4.52. The van der Waals surface area contributed by atoms with Crippen molar-refractivity contribution in [1.82, 2.24) is 9.97 Å². The van der Waals surface area contributed by atoms with E-state index < -0.39 is 0 Å². The summed E-state index contributed by atoms with van der Waals surface area (Å²) < 4.78 is 0. The fourth-order valence-electron chi connectivity index (χ4n) is 3.08. The summed E-state index contributed by atoms with van der Waals surface area (Å²) >= 11 is 0. The minimum atomic E-state index is 0.927. The van der Waals surface area contributed by atoms with Crippen LogP contribution >= 0.6 is 0 Å². The number of aryl methyl sites for hydroxylation is 2. The maximum atomic E-state index is 4.42. The van der Waals surface area contributed by atoms with Gasteiger partial charge in [-0.2, -0.15) is 0 Å². The van der Waals surface area contributed by atoms with Crippen LogP contribution in [0.3, 0.4) is 0 Å². The number of aromatic nitrogens is 2. The first-order valence-electron chi connectivity index (χ1n) is 6.57. The SMILES string of the molecule is Cc1ccc2ccc3c(c2c1C)-c1cncnc1C3. The second-order valence-electron chi connectivity index (χ2n) is 5.27. The molecule has 0 atom stereocenters. The van der Waals surface area contributed by atoms with Crippen molar-refractivity contribution in [3.63, 3.8) is 0 Å². The number of nitrogens with zero attached hydrogens (tertiary/aromatic N) is 2. The zero-order valence-corrected chi connectivity index (χ0v) is 11.1. The number of benzene rings is 2. The Morgan fingerprint density at radius 3 is 2.79 bits per heavy atom. The van der Waals surface area contributed by atoms with Crippen molar-refractivity contribution in [2.45, 2.75) is 20.3 Å². The molecule has 0 bridgehead atoms. The third-order valence-corrected chi connectivity index (χ3v) is 4.23. The molecule has 4 rings (SSSR count). The average molecular weight is 246 g/mol. The minimum Gasteiger partial charge on any atom is -0.244 e. The van der Waals surface area contributed by atoms with Gasteiger partial charge >= 0.3 is 0 Å². The van der Waals surface area contributed by atoms with Gasteiger partial charge in [0.2, 0.25) is 0 Å². The highest BCUT2D eigenvalue weighted by molar-refractivity contribution is 6.02. The van der Waals surface area contributed by atoms with Crippen LogP contribution in [0.5, 0.6) is 0 Å². The van der Waals surface area contributed by atoms with E-state index in [0.717, 1.165) is 12.1 Å². The molecule has 19 heavy (non-hydrogen) atoms. The first kappa shape index (κ1) is 10.7. The van der Waals surface area contributed by atoms with Crippen molar-refractivity contribution in [1.29, 1.82) is 0 Å². The zero-order chi connectivity index (χ0) is 13.0. The van der Waals surface area contributed by atoms with Gasteiger partial charge in [0.25, 0.3) is 0 Å². The van der Waals surface area contributed by atoms with E-state index in [4.69, 9.17) is 0 Å². The standard InChI is InChI=1S/C17H14N2/c1-10-3-4-12-5-6-13-7-15-14(8-18-9-19-15)17(13)16(12)11(10)2/h3-6,8-9H,7H2,1-2H3. The summed E-state index contributed by atoms with van der Waals surface area (Å²) in [5.41, 5.74) is 7.78. The quantitative estimate of drug-likeness (QED) is 0.471. The highest BCUT2D eigenvalue weighted by atomic mass is 14.8. The Kier molecular flexibility index (Phi) is 2.05. The normalized spacial score (nSPS) is 12.5. The molecule has 92 valence electrons. The molecule has 0 radical (unpaired) electrons. The second kappa shape index (κ2) is 3.64. The fraction of sp³-hybridized carbons (Fsp3) is 0.176. The molecule has 0 saturated heterocycles. The Labute approximate surface area is 112 Å². The van der Waals surface area contributed by atoms with Crippen LogP contribution in [0.25, 0.3) is 21.9 Å². The van der Waals surface area contributed by atoms with Crippen LogP contribution in [-0.4, -0.2) is 9.97 Å². The van der Waals surface area contributed by atoms with E-state index >= 15 is 0 Å². The lowest BCUT2D eigenvalue weighted by atomic mass is 9.93. The molecule has 1 aliphatic rings. The van der Waals surface area contributed by atoms with Gasteiger partial charge in [0.15, 0.2) is 0 Å². The van der Waals surface area contributed by atoms with Crippen molar-refractivity contribution in [3.8, 4) is 11.1 Å². The molecule has 0 amide bonds. The molecule has 0 aliphatic heterocycles. The Balaban J connectivity index is 2.20. The first-order chi connectivity index (χ1) is 9.25. The van der Waals surface area contributed by atoms with Gasteiger partial charge in [-0.05, 0) is 46.9 Å². The first-order valence-corrected chi connectivity index (χ1v) is 6.57. The maximum Gasteiger partial charge on any atom is 0.115 e. The molecule has 0 fully saturated rings. The summed E-state index contributed by atoms with van der Waals surface area (Å²) in [6.45, 7) is 4.38. The predicted molar refractivity (Wildman–Crippen MR) is 77.3 cm³/mol. The molecule has 1 aliphatic carbocycles. The Morgan fingerprint density at radius 1 is 1.05 bits per heavy atom. The van der Waals surface area contributed by atoms with E-state index in [-0.39, 0.29) is 0 Å². The van der Waals surface area contributed by atoms with Gasteiger partial charge in [-0.3, -0.25) is 0 Å². The molecule has 2 heteroatoms. The molecular formula is C17H14N2. The Morgan fingerprint density at radius 2 is 1.89 bits per heavy atom. The predicted octanol–water partition coefficient (Wildman–Crippen LogP) is 3.82. The Bertz CT molecular complexity index is 819. The lowest BCUT2D eigenvalue weighted by Gasteiger charge is -2.11. The third-order valence-electron chi connectivity index (χ3n) is 4.23. The topological polar surface area (TPSA) is 25.8 Å². The molecule has 2 nitrogen and oxygen atoms in total. The molecular weight excluding hydrogens is 232 g/mol. The van der Waals surface area contributed by atoms with Gasteiger partial charge in [-0.1, -0.05) is 24.3 Å². The monoisotopic (exact) mass is 246 g/mol. The van der Waals surface area contributed by atoms with E-state index in [1.165, 1.54) is 38.6 Å². The van der Waals surface area contributed by atoms with Crippen LogP contribution in [0, 0.1) is 13.8 Å². The van der Waals surface area contributed by atoms with E-state index in [1.54, 1.807) is 6.33 Å². The van der Waals surface area contributed by atoms with E-state index in [9.17, 15) is 0 Å². The zero-order valence-electron chi connectivity index (χ0n) is 11.1. The average Bonchev–Trinajstić information content (AvgIpc) is 2.81. The van der Waals surface area contributed by atoms with Crippen LogP contribution < -0.4 is 0 Å². The van der Waals surface area contributed by atoms with Gasteiger partial charge < -0.3 is 0 Å². The largest absolute Gasteiger partial charge is 0.244 e. The molecule has 0 unspecified atom stereocenters. The van der Waals surface area contributed by atoms with E-state index in [2.05, 4.69) is 48.1 Å². The fourth-order valence-corrected chi connectivity index (χ4v) is 3.08. The van der Waals surface area contributed by atoms with Crippen molar-refractivity contribution < 1.29 is 0 Å². The lowest BCUT2D eigenvalue weighted by Crippen LogP contribution is -1.89. The Hall–Kier alpha value is -2.22. The third kappa shape index (κ3) is 1.37. The summed E-state index contributed by atoms with van der Waals surface area (Å²) in [5, 5.41) is 2.67. The molecule has 3 aromatic rings. The van der Waals surface area contributed by atoms with Crippen molar-refractivity contribution in [2.24, 2.45) is 0 Å². The molecule has 0 saturated carbocycles. The summed E-state index contributed by atoms with van der Waals surface area (Å²) in [4.78, 5) is 8.62. The van der Waals surface area contributed by atoms with Crippen LogP contribution in [0.2, 0.25) is 0 Å². The molecule has 0 N–H and O–H groups in total. The molecule has 0 spiro atoms. The van der Waals surface area contributed by atoms with Crippen molar-refractivity contribution in [2.75, 3.05) is 0 Å². The van der Waals surface area contributed by atoms with Gasteiger partial charge in [0, 0.05) is 18.2 Å². The molecule has 1 aromatic heterocycles. The van der Waals surface area contributed by atoms with E-state index in [0.29, 0.717) is 0 Å². The maximum absolute atomic E-state index is 4.42. The summed E-state index contributed by atoms with van der Waals surface area (Å²) in [5.74, 6) is 0. The molecule has 2 aromatic carbocycles. The van der Waals surface area contributed by atoms with Crippen molar-refractivity contribution in [3.05, 3.63) is 59.2 Å². The number of fused-ring (bicyclic) bond motifs is 5.